The standard InChI is InChI=1S/C20H22N2O4S/c1-14-6-8-16(9-7-14)21-18(23)11-26-20(25)13-27-12-19(24)22-17-5-3-4-15(2)10-17/h3-10H,11-13H2,1-2H3,(H,21,23)(H,22,24). The number of amides is 2. The average molecular weight is 386 g/mol. The van der Waals surface area contributed by atoms with Gasteiger partial charge in [0.05, 0.1) is 11.5 Å². The fraction of sp³-hybridized carbons (Fsp3) is 0.250. The molecule has 0 heterocycles. The minimum atomic E-state index is -0.539. The van der Waals surface area contributed by atoms with Gasteiger partial charge in [0.15, 0.2) is 6.61 Å². The van der Waals surface area contributed by atoms with Gasteiger partial charge < -0.3 is 15.4 Å². The SMILES string of the molecule is Cc1ccc(NC(=O)COC(=O)CSCC(=O)Nc2cccc(C)c2)cc1. The zero-order valence-corrected chi connectivity index (χ0v) is 16.1. The molecule has 6 nitrogen and oxygen atoms in total. The zero-order chi connectivity index (χ0) is 19.6. The van der Waals surface area contributed by atoms with Crippen molar-refractivity contribution in [3.63, 3.8) is 0 Å². The maximum absolute atomic E-state index is 11.9. The molecule has 0 bridgehead atoms. The molecular weight excluding hydrogens is 364 g/mol. The van der Waals surface area contributed by atoms with Crippen LogP contribution in [0, 0.1) is 13.8 Å². The number of carbonyl (C=O) groups excluding carboxylic acids is 3. The van der Waals surface area contributed by atoms with Crippen LogP contribution in [-0.2, 0) is 19.1 Å². The molecule has 0 aliphatic rings. The monoisotopic (exact) mass is 386 g/mol. The van der Waals surface area contributed by atoms with Crippen molar-refractivity contribution >= 4 is 40.9 Å². The molecule has 27 heavy (non-hydrogen) atoms. The van der Waals surface area contributed by atoms with E-state index in [9.17, 15) is 14.4 Å². The molecule has 2 aromatic carbocycles. The smallest absolute Gasteiger partial charge is 0.316 e. The number of hydrogen-bond donors (Lipinski definition) is 2. The first-order chi connectivity index (χ1) is 12.9. The van der Waals surface area contributed by atoms with Crippen LogP contribution < -0.4 is 10.6 Å². The molecule has 0 saturated carbocycles. The number of nitrogens with one attached hydrogen (secondary N) is 2. The molecule has 0 aliphatic heterocycles. The predicted molar refractivity (Wildman–Crippen MR) is 108 cm³/mol. The lowest BCUT2D eigenvalue weighted by Gasteiger charge is -2.07. The van der Waals surface area contributed by atoms with Crippen LogP contribution in [0.3, 0.4) is 0 Å². The average Bonchev–Trinajstić information content (AvgIpc) is 2.62. The number of esters is 1. The van der Waals surface area contributed by atoms with E-state index in [-0.39, 0.29) is 24.0 Å². The molecule has 0 atom stereocenters. The van der Waals surface area contributed by atoms with Crippen molar-refractivity contribution < 1.29 is 19.1 Å². The van der Waals surface area contributed by atoms with Crippen molar-refractivity contribution in [1.29, 1.82) is 0 Å². The second-order valence-electron chi connectivity index (χ2n) is 5.99. The summed E-state index contributed by atoms with van der Waals surface area (Å²) in [6.07, 6.45) is 0. The van der Waals surface area contributed by atoms with Gasteiger partial charge in [-0.3, -0.25) is 14.4 Å². The molecule has 0 aliphatic carbocycles. The number of anilines is 2. The Kier molecular flexibility index (Phi) is 7.88. The van der Waals surface area contributed by atoms with Crippen LogP contribution in [0.2, 0.25) is 0 Å². The number of aryl methyl sites for hydroxylation is 2. The summed E-state index contributed by atoms with van der Waals surface area (Å²) >= 11 is 1.13. The molecular formula is C20H22N2O4S. The number of ether oxygens (including phenoxy) is 1. The van der Waals surface area contributed by atoms with E-state index >= 15 is 0 Å². The summed E-state index contributed by atoms with van der Waals surface area (Å²) in [6, 6.07) is 14.8. The van der Waals surface area contributed by atoms with E-state index in [1.165, 1.54) is 0 Å². The number of carbonyl (C=O) groups is 3. The lowest BCUT2D eigenvalue weighted by atomic mass is 10.2. The van der Waals surface area contributed by atoms with Crippen LogP contribution in [-0.4, -0.2) is 35.9 Å². The summed E-state index contributed by atoms with van der Waals surface area (Å²) in [5.74, 6) is -1.02. The van der Waals surface area contributed by atoms with Crippen LogP contribution in [0.5, 0.6) is 0 Å². The topological polar surface area (TPSA) is 84.5 Å². The Labute approximate surface area is 162 Å². The van der Waals surface area contributed by atoms with Crippen molar-refractivity contribution in [3.05, 3.63) is 59.7 Å². The Morgan fingerprint density at radius 2 is 1.56 bits per heavy atom. The van der Waals surface area contributed by atoms with Crippen molar-refractivity contribution in [2.75, 3.05) is 28.7 Å². The fourth-order valence-corrected chi connectivity index (χ4v) is 2.78. The third kappa shape index (κ3) is 7.96. The number of thioether (sulfide) groups is 1. The lowest BCUT2D eigenvalue weighted by Crippen LogP contribution is -2.22. The van der Waals surface area contributed by atoms with Crippen LogP contribution in [0.1, 0.15) is 11.1 Å². The van der Waals surface area contributed by atoms with Gasteiger partial charge in [0.25, 0.3) is 5.91 Å². The second kappa shape index (κ2) is 10.4. The fourth-order valence-electron chi connectivity index (χ4n) is 2.17. The summed E-state index contributed by atoms with van der Waals surface area (Å²) < 4.78 is 4.91. The Morgan fingerprint density at radius 3 is 2.26 bits per heavy atom. The van der Waals surface area contributed by atoms with Gasteiger partial charge in [0.1, 0.15) is 0 Å². The highest BCUT2D eigenvalue weighted by atomic mass is 32.2. The van der Waals surface area contributed by atoms with Crippen molar-refractivity contribution in [1.82, 2.24) is 0 Å². The van der Waals surface area contributed by atoms with Crippen LogP contribution in [0.25, 0.3) is 0 Å². The first-order valence-electron chi connectivity index (χ1n) is 8.39. The third-order valence-corrected chi connectivity index (χ3v) is 4.36. The maximum Gasteiger partial charge on any atom is 0.316 e. The highest BCUT2D eigenvalue weighted by Gasteiger charge is 2.10. The molecule has 2 amide bonds. The van der Waals surface area contributed by atoms with Gasteiger partial charge in [0.2, 0.25) is 5.91 Å². The van der Waals surface area contributed by atoms with Gasteiger partial charge in [0, 0.05) is 11.4 Å². The maximum atomic E-state index is 11.9. The van der Waals surface area contributed by atoms with E-state index in [0.29, 0.717) is 5.69 Å². The van der Waals surface area contributed by atoms with Gasteiger partial charge in [-0.05, 0) is 43.7 Å². The van der Waals surface area contributed by atoms with Crippen LogP contribution in [0.15, 0.2) is 48.5 Å². The molecule has 2 rings (SSSR count). The van der Waals surface area contributed by atoms with E-state index in [1.807, 2.05) is 44.2 Å². The van der Waals surface area contributed by atoms with Crippen molar-refractivity contribution in [2.24, 2.45) is 0 Å². The Bertz CT molecular complexity index is 806. The molecule has 2 aromatic rings. The van der Waals surface area contributed by atoms with Gasteiger partial charge in [-0.1, -0.05) is 29.8 Å². The van der Waals surface area contributed by atoms with E-state index in [0.717, 1.165) is 28.6 Å². The highest BCUT2D eigenvalue weighted by molar-refractivity contribution is 8.00. The van der Waals surface area contributed by atoms with Gasteiger partial charge in [-0.2, -0.15) is 0 Å². The van der Waals surface area contributed by atoms with E-state index in [4.69, 9.17) is 4.74 Å². The van der Waals surface area contributed by atoms with E-state index < -0.39 is 11.9 Å². The molecule has 0 saturated heterocycles. The minimum Gasteiger partial charge on any atom is -0.455 e. The molecule has 0 fully saturated rings. The molecule has 2 N–H and O–H groups in total. The summed E-state index contributed by atoms with van der Waals surface area (Å²) in [5.41, 5.74) is 3.50. The summed E-state index contributed by atoms with van der Waals surface area (Å²) in [4.78, 5) is 35.3. The lowest BCUT2D eigenvalue weighted by molar-refractivity contribution is -0.144. The molecule has 0 aromatic heterocycles. The Hall–Kier alpha value is -2.80. The molecule has 0 unspecified atom stereocenters. The number of rotatable bonds is 8. The molecule has 142 valence electrons. The first-order valence-corrected chi connectivity index (χ1v) is 9.54. The largest absolute Gasteiger partial charge is 0.455 e. The normalized spacial score (nSPS) is 10.1. The Balaban J connectivity index is 1.62. The van der Waals surface area contributed by atoms with Crippen LogP contribution in [0.4, 0.5) is 11.4 Å². The van der Waals surface area contributed by atoms with Crippen molar-refractivity contribution in [3.8, 4) is 0 Å². The summed E-state index contributed by atoms with van der Waals surface area (Å²) in [6.45, 7) is 3.53. The molecule has 0 radical (unpaired) electrons. The van der Waals surface area contributed by atoms with Crippen molar-refractivity contribution in [2.45, 2.75) is 13.8 Å². The molecule has 7 heteroatoms. The van der Waals surface area contributed by atoms with Gasteiger partial charge >= 0.3 is 5.97 Å². The quantitative estimate of drug-likeness (QED) is 0.681. The van der Waals surface area contributed by atoms with Crippen LogP contribution >= 0.6 is 11.8 Å². The third-order valence-electron chi connectivity index (χ3n) is 3.45. The van der Waals surface area contributed by atoms with Gasteiger partial charge in [-0.25, -0.2) is 0 Å². The number of hydrogen-bond acceptors (Lipinski definition) is 5. The zero-order valence-electron chi connectivity index (χ0n) is 15.3. The van der Waals surface area contributed by atoms with E-state index in [2.05, 4.69) is 10.6 Å². The summed E-state index contributed by atoms with van der Waals surface area (Å²) in [7, 11) is 0. The number of benzene rings is 2. The highest BCUT2D eigenvalue weighted by Crippen LogP contribution is 2.11. The summed E-state index contributed by atoms with van der Waals surface area (Å²) in [5, 5.41) is 5.41. The minimum absolute atomic E-state index is 0.000943. The second-order valence-corrected chi connectivity index (χ2v) is 6.97. The molecule has 0 spiro atoms. The first kappa shape index (κ1) is 20.5. The predicted octanol–water partition coefficient (Wildman–Crippen LogP) is 3.16. The van der Waals surface area contributed by atoms with E-state index in [1.54, 1.807) is 18.2 Å². The van der Waals surface area contributed by atoms with Gasteiger partial charge in [-0.15, -0.1) is 11.8 Å². The Morgan fingerprint density at radius 1 is 0.852 bits per heavy atom.